The molecule has 3 nitrogen and oxygen atoms in total. The highest BCUT2D eigenvalue weighted by atomic mass is 19.1. The van der Waals surface area contributed by atoms with E-state index in [0.717, 1.165) is 18.2 Å². The van der Waals surface area contributed by atoms with Crippen LogP contribution in [0.1, 0.15) is 13.8 Å². The van der Waals surface area contributed by atoms with E-state index in [9.17, 15) is 13.6 Å². The van der Waals surface area contributed by atoms with E-state index in [2.05, 4.69) is 10.6 Å². The van der Waals surface area contributed by atoms with E-state index in [0.29, 0.717) is 6.54 Å². The molecule has 1 amide bonds. The molecule has 0 fully saturated rings. The number of halogens is 2. The predicted octanol–water partition coefficient (Wildman–Crippen LogP) is 1.90. The molecule has 5 heteroatoms. The van der Waals surface area contributed by atoms with E-state index in [4.69, 9.17) is 0 Å². The van der Waals surface area contributed by atoms with Crippen molar-refractivity contribution in [2.45, 2.75) is 19.9 Å². The van der Waals surface area contributed by atoms with Crippen LogP contribution in [0.15, 0.2) is 18.2 Å². The lowest BCUT2D eigenvalue weighted by Gasteiger charge is -2.15. The monoisotopic (exact) mass is 228 g/mol. The third-order valence-electron chi connectivity index (χ3n) is 2.04. The Kier molecular flexibility index (Phi) is 4.22. The number of carbonyl (C=O) groups excluding carboxylic acids is 1. The lowest BCUT2D eigenvalue weighted by Crippen LogP contribution is -2.37. The topological polar surface area (TPSA) is 41.1 Å². The van der Waals surface area contributed by atoms with Crippen LogP contribution >= 0.6 is 0 Å². The molecule has 1 unspecified atom stereocenters. The maximum absolute atomic E-state index is 13.2. The zero-order valence-electron chi connectivity index (χ0n) is 9.18. The first-order valence-electron chi connectivity index (χ1n) is 5.04. The predicted molar refractivity (Wildman–Crippen MR) is 58.1 cm³/mol. The van der Waals surface area contributed by atoms with Crippen molar-refractivity contribution in [2.75, 3.05) is 11.9 Å². The second-order valence-corrected chi connectivity index (χ2v) is 3.38. The maximum atomic E-state index is 13.2. The zero-order valence-corrected chi connectivity index (χ0v) is 9.18. The summed E-state index contributed by atoms with van der Waals surface area (Å²) in [6.07, 6.45) is 0. The molecular weight excluding hydrogens is 214 g/mol. The van der Waals surface area contributed by atoms with Gasteiger partial charge in [0.1, 0.15) is 17.7 Å². The Morgan fingerprint density at radius 2 is 2.12 bits per heavy atom. The lowest BCUT2D eigenvalue weighted by atomic mass is 10.2. The highest BCUT2D eigenvalue weighted by Crippen LogP contribution is 2.16. The Labute approximate surface area is 92.8 Å². The molecule has 0 aromatic heterocycles. The second kappa shape index (κ2) is 5.44. The van der Waals surface area contributed by atoms with Crippen molar-refractivity contribution < 1.29 is 13.6 Å². The van der Waals surface area contributed by atoms with Crippen molar-refractivity contribution >= 4 is 11.6 Å². The van der Waals surface area contributed by atoms with Crippen LogP contribution in [0.2, 0.25) is 0 Å². The molecule has 0 saturated heterocycles. The van der Waals surface area contributed by atoms with Crippen molar-refractivity contribution in [3.05, 3.63) is 29.8 Å². The number of benzene rings is 1. The van der Waals surface area contributed by atoms with Gasteiger partial charge >= 0.3 is 0 Å². The van der Waals surface area contributed by atoms with Gasteiger partial charge in [-0.05, 0) is 32.0 Å². The summed E-state index contributed by atoms with van der Waals surface area (Å²) in [4.78, 5) is 11.4. The molecule has 0 bridgehead atoms. The summed E-state index contributed by atoms with van der Waals surface area (Å²) in [7, 11) is 0. The minimum absolute atomic E-state index is 0.0150. The van der Waals surface area contributed by atoms with Crippen LogP contribution in [-0.4, -0.2) is 18.5 Å². The quantitative estimate of drug-likeness (QED) is 0.826. The number of amides is 1. The third kappa shape index (κ3) is 3.18. The summed E-state index contributed by atoms with van der Waals surface area (Å²) in [5.41, 5.74) is -0.0150. The van der Waals surface area contributed by atoms with E-state index in [1.165, 1.54) is 0 Å². The Hall–Kier alpha value is -1.65. The molecule has 88 valence electrons. The Morgan fingerprint density at radius 3 is 2.75 bits per heavy atom. The highest BCUT2D eigenvalue weighted by molar-refractivity contribution is 5.84. The number of likely N-dealkylation sites (N-methyl/N-ethyl adjacent to an activating group) is 1. The SMILES string of the molecule is CCNC(=O)C(C)Nc1cc(F)ccc1F. The molecule has 1 aromatic carbocycles. The smallest absolute Gasteiger partial charge is 0.242 e. The van der Waals surface area contributed by atoms with Crippen LogP contribution < -0.4 is 10.6 Å². The first-order valence-corrected chi connectivity index (χ1v) is 5.04. The van der Waals surface area contributed by atoms with E-state index < -0.39 is 17.7 Å². The van der Waals surface area contributed by atoms with Crippen LogP contribution in [0.4, 0.5) is 14.5 Å². The molecule has 1 rings (SSSR count). The van der Waals surface area contributed by atoms with Crippen LogP contribution in [0.25, 0.3) is 0 Å². The van der Waals surface area contributed by atoms with E-state index in [-0.39, 0.29) is 11.6 Å². The van der Waals surface area contributed by atoms with Gasteiger partial charge in [-0.15, -0.1) is 0 Å². The van der Waals surface area contributed by atoms with Crippen molar-refractivity contribution in [1.29, 1.82) is 0 Å². The van der Waals surface area contributed by atoms with Gasteiger partial charge in [0.05, 0.1) is 5.69 Å². The normalized spacial score (nSPS) is 12.0. The van der Waals surface area contributed by atoms with Gasteiger partial charge in [0.2, 0.25) is 5.91 Å². The lowest BCUT2D eigenvalue weighted by molar-refractivity contribution is -0.121. The van der Waals surface area contributed by atoms with E-state index >= 15 is 0 Å². The zero-order chi connectivity index (χ0) is 12.1. The summed E-state index contributed by atoms with van der Waals surface area (Å²) >= 11 is 0. The molecule has 0 radical (unpaired) electrons. The minimum Gasteiger partial charge on any atom is -0.371 e. The molecule has 0 heterocycles. The molecule has 2 N–H and O–H groups in total. The standard InChI is InChI=1S/C11H14F2N2O/c1-3-14-11(16)7(2)15-10-6-8(12)4-5-9(10)13/h4-7,15H,3H2,1-2H3,(H,14,16). The van der Waals surface area contributed by atoms with Gasteiger partial charge in [0.25, 0.3) is 0 Å². The molecule has 1 aromatic rings. The second-order valence-electron chi connectivity index (χ2n) is 3.38. The Morgan fingerprint density at radius 1 is 1.44 bits per heavy atom. The largest absolute Gasteiger partial charge is 0.371 e. The number of hydrogen-bond acceptors (Lipinski definition) is 2. The van der Waals surface area contributed by atoms with Gasteiger partial charge in [-0.2, -0.15) is 0 Å². The van der Waals surface area contributed by atoms with Crippen LogP contribution in [0, 0.1) is 11.6 Å². The van der Waals surface area contributed by atoms with Crippen LogP contribution in [0.5, 0.6) is 0 Å². The number of hydrogen-bond donors (Lipinski definition) is 2. The van der Waals surface area contributed by atoms with Crippen molar-refractivity contribution in [3.63, 3.8) is 0 Å². The highest BCUT2D eigenvalue weighted by Gasteiger charge is 2.13. The summed E-state index contributed by atoms with van der Waals surface area (Å²) in [6, 6.07) is 2.45. The summed E-state index contributed by atoms with van der Waals surface area (Å²) in [5.74, 6) is -1.39. The molecule has 0 saturated carbocycles. The summed E-state index contributed by atoms with van der Waals surface area (Å²) in [5, 5.41) is 5.19. The van der Waals surface area contributed by atoms with Gasteiger partial charge in [-0.25, -0.2) is 8.78 Å². The van der Waals surface area contributed by atoms with Gasteiger partial charge in [-0.1, -0.05) is 0 Å². The molecule has 1 atom stereocenters. The first kappa shape index (κ1) is 12.4. The fourth-order valence-electron chi connectivity index (χ4n) is 1.23. The van der Waals surface area contributed by atoms with E-state index in [1.54, 1.807) is 13.8 Å². The summed E-state index contributed by atoms with van der Waals surface area (Å²) < 4.78 is 26.1. The number of carbonyl (C=O) groups is 1. The minimum atomic E-state index is -0.615. The molecule has 0 aliphatic carbocycles. The van der Waals surface area contributed by atoms with Crippen molar-refractivity contribution in [3.8, 4) is 0 Å². The van der Waals surface area contributed by atoms with Crippen LogP contribution in [0.3, 0.4) is 0 Å². The van der Waals surface area contributed by atoms with Gasteiger partial charge < -0.3 is 10.6 Å². The first-order chi connectivity index (χ1) is 7.54. The fraction of sp³-hybridized carbons (Fsp3) is 0.364. The van der Waals surface area contributed by atoms with Gasteiger partial charge in [0.15, 0.2) is 0 Å². The summed E-state index contributed by atoms with van der Waals surface area (Å²) in [6.45, 7) is 3.86. The third-order valence-corrected chi connectivity index (χ3v) is 2.04. The van der Waals surface area contributed by atoms with Crippen molar-refractivity contribution in [2.24, 2.45) is 0 Å². The van der Waals surface area contributed by atoms with Gasteiger partial charge in [-0.3, -0.25) is 4.79 Å². The average molecular weight is 228 g/mol. The molecule has 0 spiro atoms. The van der Waals surface area contributed by atoms with E-state index in [1.807, 2.05) is 0 Å². The number of anilines is 1. The molecule has 16 heavy (non-hydrogen) atoms. The fourth-order valence-corrected chi connectivity index (χ4v) is 1.23. The van der Waals surface area contributed by atoms with Crippen LogP contribution in [-0.2, 0) is 4.79 Å². The van der Waals surface area contributed by atoms with Gasteiger partial charge in [0, 0.05) is 6.54 Å². The van der Waals surface area contributed by atoms with Crippen molar-refractivity contribution in [1.82, 2.24) is 5.32 Å². The number of rotatable bonds is 4. The molecule has 0 aliphatic heterocycles. The molecule has 0 aliphatic rings. The Bertz CT molecular complexity index is 382. The Balaban J connectivity index is 2.72. The average Bonchev–Trinajstić information content (AvgIpc) is 2.23. The number of nitrogens with one attached hydrogen (secondary N) is 2. The molecular formula is C11H14F2N2O. The maximum Gasteiger partial charge on any atom is 0.242 e.